The Balaban J connectivity index is 1.38. The summed E-state index contributed by atoms with van der Waals surface area (Å²) >= 11 is 0. The summed E-state index contributed by atoms with van der Waals surface area (Å²) in [7, 11) is 0. The predicted octanol–water partition coefficient (Wildman–Crippen LogP) is 5.53. The number of carbonyl (C=O) groups is 2. The minimum Gasteiger partial charge on any atom is -0.444 e. The van der Waals surface area contributed by atoms with Gasteiger partial charge >= 0.3 is 12.3 Å². The first-order chi connectivity index (χ1) is 19.3. The average Bonchev–Trinajstić information content (AvgIpc) is 3.54. The van der Waals surface area contributed by atoms with Crippen LogP contribution in [0.1, 0.15) is 49.2 Å². The summed E-state index contributed by atoms with van der Waals surface area (Å²) in [4.78, 5) is 35.4. The number of halogens is 3. The van der Waals surface area contributed by atoms with Gasteiger partial charge in [-0.15, -0.1) is 0 Å². The van der Waals surface area contributed by atoms with Gasteiger partial charge in [-0.2, -0.15) is 18.3 Å². The van der Waals surface area contributed by atoms with E-state index in [0.29, 0.717) is 47.5 Å². The number of amides is 2. The first-order valence-corrected chi connectivity index (χ1v) is 12.9. The minimum atomic E-state index is -4.55. The molecule has 1 aliphatic rings. The zero-order valence-corrected chi connectivity index (χ0v) is 22.6. The molecule has 0 spiro atoms. The van der Waals surface area contributed by atoms with Gasteiger partial charge in [0.05, 0.1) is 17.0 Å². The van der Waals surface area contributed by atoms with Gasteiger partial charge in [0.1, 0.15) is 23.4 Å². The molecular formula is C28H28F3N7O3. The molecular weight excluding hydrogens is 539 g/mol. The van der Waals surface area contributed by atoms with E-state index in [2.05, 4.69) is 15.3 Å². The maximum atomic E-state index is 13.0. The van der Waals surface area contributed by atoms with Crippen LogP contribution in [0.3, 0.4) is 0 Å². The second-order valence-electron chi connectivity index (χ2n) is 10.7. The summed E-state index contributed by atoms with van der Waals surface area (Å²) in [5, 5.41) is 7.96. The van der Waals surface area contributed by atoms with Gasteiger partial charge in [0.2, 0.25) is 0 Å². The third-order valence-electron chi connectivity index (χ3n) is 6.55. The fourth-order valence-electron chi connectivity index (χ4n) is 4.64. The number of nitrogens with two attached hydrogens (primary N) is 1. The van der Waals surface area contributed by atoms with Gasteiger partial charge in [0, 0.05) is 29.9 Å². The van der Waals surface area contributed by atoms with Crippen LogP contribution in [0.25, 0.3) is 22.3 Å². The van der Waals surface area contributed by atoms with E-state index in [9.17, 15) is 22.8 Å². The molecule has 41 heavy (non-hydrogen) atoms. The van der Waals surface area contributed by atoms with E-state index in [0.717, 1.165) is 12.1 Å². The second-order valence-corrected chi connectivity index (χ2v) is 10.7. The Morgan fingerprint density at radius 3 is 2.49 bits per heavy atom. The lowest BCUT2D eigenvalue weighted by atomic mass is 10.1. The van der Waals surface area contributed by atoms with Crippen LogP contribution in [0.15, 0.2) is 54.9 Å². The van der Waals surface area contributed by atoms with E-state index in [1.807, 2.05) is 20.8 Å². The molecule has 10 nitrogen and oxygen atoms in total. The maximum absolute atomic E-state index is 13.0. The Morgan fingerprint density at radius 2 is 1.80 bits per heavy atom. The fourth-order valence-corrected chi connectivity index (χ4v) is 4.64. The molecule has 214 valence electrons. The summed E-state index contributed by atoms with van der Waals surface area (Å²) in [5.41, 5.74) is 6.68. The van der Waals surface area contributed by atoms with Crippen LogP contribution in [0, 0.1) is 0 Å². The first kappa shape index (κ1) is 27.9. The smallest absolute Gasteiger partial charge is 0.416 e. The lowest BCUT2D eigenvalue weighted by Gasteiger charge is -2.24. The molecule has 4 aromatic rings. The number of alkyl halides is 3. The number of carbonyl (C=O) groups excluding carboxylic acids is 2. The van der Waals surface area contributed by atoms with Gasteiger partial charge in [-0.3, -0.25) is 4.79 Å². The van der Waals surface area contributed by atoms with Crippen molar-refractivity contribution in [3.63, 3.8) is 0 Å². The number of rotatable bonds is 4. The summed E-state index contributed by atoms with van der Waals surface area (Å²) in [6.45, 7) is 6.32. The van der Waals surface area contributed by atoms with Gasteiger partial charge < -0.3 is 20.7 Å². The van der Waals surface area contributed by atoms with Crippen molar-refractivity contribution < 1.29 is 27.5 Å². The highest BCUT2D eigenvalue weighted by atomic mass is 19.4. The van der Waals surface area contributed by atoms with Crippen molar-refractivity contribution >= 4 is 34.5 Å². The lowest BCUT2D eigenvalue weighted by Crippen LogP contribution is -2.35. The molecule has 13 heteroatoms. The Kier molecular flexibility index (Phi) is 7.05. The molecule has 1 saturated heterocycles. The number of aromatic nitrogens is 4. The van der Waals surface area contributed by atoms with Gasteiger partial charge in [-0.05, 0) is 57.5 Å². The van der Waals surface area contributed by atoms with Gasteiger partial charge in [-0.1, -0.05) is 18.2 Å². The topological polar surface area (TPSA) is 128 Å². The Hall–Kier alpha value is -4.68. The summed E-state index contributed by atoms with van der Waals surface area (Å²) in [5.74, 6) is -0.438. The molecule has 1 aliphatic heterocycles. The molecule has 3 N–H and O–H groups in total. The van der Waals surface area contributed by atoms with Crippen LogP contribution in [0.4, 0.5) is 29.5 Å². The van der Waals surface area contributed by atoms with E-state index in [1.165, 1.54) is 18.5 Å². The number of ether oxygens (including phenoxy) is 1. The molecule has 3 heterocycles. The molecule has 2 aromatic carbocycles. The number of fused-ring (bicyclic) bond motifs is 1. The third-order valence-corrected chi connectivity index (χ3v) is 6.55. The molecule has 2 amide bonds. The number of hydrogen-bond acceptors (Lipinski definition) is 7. The molecule has 2 aromatic heterocycles. The Bertz CT molecular complexity index is 1610. The van der Waals surface area contributed by atoms with E-state index in [4.69, 9.17) is 15.6 Å². The van der Waals surface area contributed by atoms with E-state index in [1.54, 1.807) is 33.8 Å². The molecule has 0 aliphatic carbocycles. The van der Waals surface area contributed by atoms with Crippen LogP contribution in [0.5, 0.6) is 0 Å². The van der Waals surface area contributed by atoms with Crippen molar-refractivity contribution in [1.82, 2.24) is 24.6 Å². The van der Waals surface area contributed by atoms with Crippen LogP contribution in [-0.4, -0.2) is 55.3 Å². The van der Waals surface area contributed by atoms with E-state index in [-0.39, 0.29) is 17.4 Å². The van der Waals surface area contributed by atoms with Crippen LogP contribution in [0.2, 0.25) is 0 Å². The highest BCUT2D eigenvalue weighted by molar-refractivity contribution is 6.04. The number of nitrogens with one attached hydrogen (secondary N) is 1. The monoisotopic (exact) mass is 567 g/mol. The normalized spacial score (nSPS) is 15.8. The Labute approximate surface area is 233 Å². The first-order valence-electron chi connectivity index (χ1n) is 12.9. The predicted molar refractivity (Wildman–Crippen MR) is 146 cm³/mol. The van der Waals surface area contributed by atoms with Crippen molar-refractivity contribution in [2.45, 2.75) is 45.0 Å². The highest BCUT2D eigenvalue weighted by Gasteiger charge is 2.33. The van der Waals surface area contributed by atoms with Gasteiger partial charge in [0.25, 0.3) is 5.91 Å². The molecule has 0 radical (unpaired) electrons. The molecule has 1 fully saturated rings. The largest absolute Gasteiger partial charge is 0.444 e. The van der Waals surface area contributed by atoms with E-state index >= 15 is 0 Å². The molecule has 1 atom stereocenters. The quantitative estimate of drug-likeness (QED) is 0.332. The highest BCUT2D eigenvalue weighted by Crippen LogP contribution is 2.35. The van der Waals surface area contributed by atoms with Crippen LogP contribution < -0.4 is 11.1 Å². The summed E-state index contributed by atoms with van der Waals surface area (Å²) in [6, 6.07) is 10.7. The lowest BCUT2D eigenvalue weighted by molar-refractivity contribution is -0.137. The molecule has 0 bridgehead atoms. The van der Waals surface area contributed by atoms with Crippen molar-refractivity contribution in [3.8, 4) is 11.3 Å². The Morgan fingerprint density at radius 1 is 1.07 bits per heavy atom. The fraction of sp³-hybridized carbons (Fsp3) is 0.321. The minimum absolute atomic E-state index is 0.115. The zero-order chi connectivity index (χ0) is 29.5. The number of likely N-dealkylation sites (tertiary alicyclic amines) is 1. The zero-order valence-electron chi connectivity index (χ0n) is 22.6. The van der Waals surface area contributed by atoms with Crippen LogP contribution >= 0.6 is 0 Å². The number of nitrogen functional groups attached to an aromatic ring is 1. The molecule has 0 saturated carbocycles. The SMILES string of the molecule is CC(C)(C)OC(=O)N1CC[C@@H](n2nc(-c3ccc(NC(=O)c4cccc(C(F)(F)F)c4)cc3)c3c(N)ncnc32)C1. The van der Waals surface area contributed by atoms with Gasteiger partial charge in [-0.25, -0.2) is 19.4 Å². The number of hydrogen-bond donors (Lipinski definition) is 2. The van der Waals surface area contributed by atoms with Crippen molar-refractivity contribution in [2.24, 2.45) is 0 Å². The van der Waals surface area contributed by atoms with Crippen molar-refractivity contribution in [3.05, 3.63) is 66.0 Å². The molecule has 0 unspecified atom stereocenters. The van der Waals surface area contributed by atoms with Gasteiger partial charge in [0.15, 0.2) is 5.65 Å². The molecule has 5 rings (SSSR count). The van der Waals surface area contributed by atoms with Crippen LogP contribution in [-0.2, 0) is 10.9 Å². The van der Waals surface area contributed by atoms with E-state index < -0.39 is 29.3 Å². The van der Waals surface area contributed by atoms with Crippen molar-refractivity contribution in [2.75, 3.05) is 24.1 Å². The number of anilines is 2. The average molecular weight is 568 g/mol. The van der Waals surface area contributed by atoms with Crippen molar-refractivity contribution in [1.29, 1.82) is 0 Å². The standard InChI is InChI=1S/C28H28F3N7O3/c1-27(2,3)41-26(40)37-12-11-20(14-37)38-24-21(23(32)33-15-34-24)22(36-38)16-7-9-19(10-8-16)35-25(39)17-5-4-6-18(13-17)28(29,30)31/h4-10,13,15,20H,11-12,14H2,1-3H3,(H,35,39)(H2,32,33,34)/t20-/m1/s1. The second kappa shape index (κ2) is 10.4. The number of nitrogens with zero attached hydrogens (tertiary/aromatic N) is 5. The summed E-state index contributed by atoms with van der Waals surface area (Å²) < 4.78 is 46.4. The summed E-state index contributed by atoms with van der Waals surface area (Å²) in [6.07, 6.45) is -2.96. The maximum Gasteiger partial charge on any atom is 0.416 e. The number of benzene rings is 2. The third kappa shape index (κ3) is 5.93.